The minimum atomic E-state index is -0.716. The van der Waals surface area contributed by atoms with Crippen molar-refractivity contribution in [1.82, 2.24) is 16.0 Å². The number of hydrogen-bond acceptors (Lipinski definition) is 7. The summed E-state index contributed by atoms with van der Waals surface area (Å²) < 4.78 is 0. The van der Waals surface area contributed by atoms with Crippen molar-refractivity contribution in [2.75, 3.05) is 19.6 Å². The van der Waals surface area contributed by atoms with Crippen LogP contribution in [0.2, 0.25) is 0 Å². The van der Waals surface area contributed by atoms with Crippen LogP contribution >= 0.6 is 0 Å². The number of nitrogens with one attached hydrogen (secondary N) is 3. The summed E-state index contributed by atoms with van der Waals surface area (Å²) in [5, 5.41) is 7.78. The van der Waals surface area contributed by atoms with Gasteiger partial charge in [-0.05, 0) is 12.8 Å². The summed E-state index contributed by atoms with van der Waals surface area (Å²) in [4.78, 5) is 45.2. The first kappa shape index (κ1) is 23.9. The second kappa shape index (κ2) is 13.1. The summed E-state index contributed by atoms with van der Waals surface area (Å²) in [7, 11) is 0. The van der Waals surface area contributed by atoms with Gasteiger partial charge in [0.25, 0.3) is 0 Å². The fourth-order valence-corrected chi connectivity index (χ4v) is 1.71. The van der Waals surface area contributed by atoms with Crippen LogP contribution in [-0.2, 0) is 65.4 Å². The van der Waals surface area contributed by atoms with Crippen molar-refractivity contribution in [2.45, 2.75) is 31.3 Å². The van der Waals surface area contributed by atoms with Gasteiger partial charge in [0.2, 0.25) is 11.8 Å². The van der Waals surface area contributed by atoms with E-state index in [9.17, 15) is 19.2 Å². The second-order valence-electron chi connectivity index (χ2n) is 4.58. The van der Waals surface area contributed by atoms with Crippen LogP contribution in [0.4, 0.5) is 0 Å². The molecule has 1 radical (unpaired) electrons. The molecule has 0 saturated carbocycles. The largest absolute Gasteiger partial charge is 0.813 e. The Balaban J connectivity index is 0. The SMILES string of the molecule is NC1CCNC(=O)CC(=O)NCCC([C-]=O)NCC1=O.[SH-].[Y]. The van der Waals surface area contributed by atoms with Gasteiger partial charge in [-0.2, -0.15) is 0 Å². The molecule has 1 heterocycles. The van der Waals surface area contributed by atoms with Crippen molar-refractivity contribution in [3.8, 4) is 0 Å². The molecule has 1 saturated heterocycles. The Morgan fingerprint density at radius 2 is 1.59 bits per heavy atom. The third-order valence-corrected chi connectivity index (χ3v) is 2.93. The molecule has 0 aromatic rings. The Morgan fingerprint density at radius 3 is 2.14 bits per heavy atom. The number of carbonyl (C=O) groups is 3. The smallest absolute Gasteiger partial charge is 0.229 e. The maximum absolute atomic E-state index is 11.7. The number of carbonyl (C=O) groups excluding carboxylic acids is 4. The van der Waals surface area contributed by atoms with E-state index in [-0.39, 0.29) is 84.5 Å². The number of amides is 2. The molecule has 10 heteroatoms. The molecule has 8 nitrogen and oxygen atoms in total. The molecule has 1 aliphatic heterocycles. The fourth-order valence-electron chi connectivity index (χ4n) is 1.71. The maximum Gasteiger partial charge on any atom is 0.229 e. The van der Waals surface area contributed by atoms with Crippen LogP contribution in [0.25, 0.3) is 0 Å². The Kier molecular flexibility index (Phi) is 14.3. The number of thiol groups is 1. The van der Waals surface area contributed by atoms with Crippen molar-refractivity contribution in [2.24, 2.45) is 5.73 Å². The van der Waals surface area contributed by atoms with Crippen molar-refractivity contribution in [3.05, 3.63) is 0 Å². The van der Waals surface area contributed by atoms with Crippen molar-refractivity contribution < 1.29 is 51.9 Å². The zero-order chi connectivity index (χ0) is 15.0. The molecule has 2 atom stereocenters. The molecule has 1 aliphatic rings. The van der Waals surface area contributed by atoms with E-state index < -0.39 is 23.9 Å². The second-order valence-corrected chi connectivity index (χ2v) is 4.58. The number of hydrogen-bond donors (Lipinski definition) is 4. The molecular formula is C12H20N4O4SY-2. The van der Waals surface area contributed by atoms with E-state index in [0.717, 1.165) is 0 Å². The van der Waals surface area contributed by atoms with Gasteiger partial charge in [0, 0.05) is 45.8 Å². The molecule has 1 fully saturated rings. The van der Waals surface area contributed by atoms with Gasteiger partial charge in [0.1, 0.15) is 6.42 Å². The van der Waals surface area contributed by atoms with E-state index in [4.69, 9.17) is 5.73 Å². The van der Waals surface area contributed by atoms with Crippen LogP contribution in [0.15, 0.2) is 0 Å². The molecule has 2 amide bonds. The molecule has 1 rings (SSSR count). The van der Waals surface area contributed by atoms with Crippen LogP contribution in [0.5, 0.6) is 0 Å². The third kappa shape index (κ3) is 9.63. The van der Waals surface area contributed by atoms with Crippen LogP contribution in [0.3, 0.4) is 0 Å². The molecule has 123 valence electrons. The van der Waals surface area contributed by atoms with Crippen LogP contribution < -0.4 is 21.7 Å². The average molecular weight is 405 g/mol. The monoisotopic (exact) mass is 405 g/mol. The topological polar surface area (TPSA) is 130 Å². The van der Waals surface area contributed by atoms with Gasteiger partial charge in [-0.25, -0.2) is 6.29 Å². The predicted molar refractivity (Wildman–Crippen MR) is 79.1 cm³/mol. The Morgan fingerprint density at radius 1 is 1.05 bits per heavy atom. The van der Waals surface area contributed by atoms with Gasteiger partial charge in [-0.3, -0.25) is 14.4 Å². The van der Waals surface area contributed by atoms with Gasteiger partial charge in [0.15, 0.2) is 5.78 Å². The third-order valence-electron chi connectivity index (χ3n) is 2.93. The molecule has 22 heavy (non-hydrogen) atoms. The quantitative estimate of drug-likeness (QED) is 0.159. The van der Waals surface area contributed by atoms with E-state index in [1.165, 1.54) is 0 Å². The summed E-state index contributed by atoms with van der Waals surface area (Å²) in [6.45, 7) is 0.407. The number of rotatable bonds is 1. The zero-order valence-corrected chi connectivity index (χ0v) is 15.9. The molecule has 5 N–H and O–H groups in total. The molecule has 0 aliphatic carbocycles. The molecule has 2 unspecified atom stereocenters. The Labute approximate surface area is 161 Å². The minimum absolute atomic E-state index is 0. The van der Waals surface area contributed by atoms with Crippen LogP contribution in [-0.4, -0.2) is 55.6 Å². The average Bonchev–Trinajstić information content (AvgIpc) is 2.41. The van der Waals surface area contributed by atoms with Gasteiger partial charge >= 0.3 is 0 Å². The predicted octanol–water partition coefficient (Wildman–Crippen LogP) is -2.91. The van der Waals surface area contributed by atoms with Gasteiger partial charge < -0.3 is 40.0 Å². The first-order chi connectivity index (χ1) is 9.52. The summed E-state index contributed by atoms with van der Waals surface area (Å²) in [5.74, 6) is -1.07. The fraction of sp³-hybridized carbons (Fsp3) is 0.667. The van der Waals surface area contributed by atoms with Crippen LogP contribution in [0.1, 0.15) is 19.3 Å². The molecule has 0 aromatic heterocycles. The van der Waals surface area contributed by atoms with Gasteiger partial charge in [-0.1, -0.05) is 6.04 Å². The summed E-state index contributed by atoms with van der Waals surface area (Å²) in [5.41, 5.74) is 5.67. The first-order valence-corrected chi connectivity index (χ1v) is 6.45. The van der Waals surface area contributed by atoms with E-state index in [2.05, 4.69) is 16.0 Å². The zero-order valence-electron chi connectivity index (χ0n) is 12.1. The summed E-state index contributed by atoms with van der Waals surface area (Å²) in [6.07, 6.45) is 2.04. The van der Waals surface area contributed by atoms with Gasteiger partial charge in [0.05, 0.1) is 12.6 Å². The molecule has 0 aromatic carbocycles. The Hall–Kier alpha value is -0.346. The van der Waals surface area contributed by atoms with E-state index >= 15 is 0 Å². The van der Waals surface area contributed by atoms with Crippen LogP contribution in [0, 0.1) is 0 Å². The number of ketones is 1. The minimum Gasteiger partial charge on any atom is -0.813 e. The normalized spacial score (nSPS) is 24.7. The van der Waals surface area contributed by atoms with E-state index in [0.29, 0.717) is 6.42 Å². The maximum atomic E-state index is 11.7. The summed E-state index contributed by atoms with van der Waals surface area (Å²) >= 11 is 0. The Bertz CT molecular complexity index is 391. The molecular weight excluding hydrogens is 385 g/mol. The number of Topliss-reactive ketones (excluding diaryl/α,β-unsaturated/α-hetero) is 1. The van der Waals surface area contributed by atoms with Gasteiger partial charge in [-0.15, -0.1) is 0 Å². The first-order valence-electron chi connectivity index (χ1n) is 6.45. The van der Waals surface area contributed by atoms with E-state index in [1.54, 1.807) is 6.29 Å². The standard InChI is InChI=1S/C12H19N4O4.H2S.Y/c13-9-2-4-15-12(20)5-11(19)14-3-1-8(7-17)16-6-10(9)18;;/h8-9,16H,1-6,13H2,(H,14,19)(H,15,20);1H2;/q-1;;/p-1. The summed E-state index contributed by atoms with van der Waals surface area (Å²) in [6, 6.07) is -1.37. The van der Waals surface area contributed by atoms with Crippen molar-refractivity contribution in [3.63, 3.8) is 0 Å². The molecule has 0 bridgehead atoms. The van der Waals surface area contributed by atoms with Crippen molar-refractivity contribution in [1.29, 1.82) is 0 Å². The number of nitrogens with two attached hydrogens (primary N) is 1. The molecule has 0 spiro atoms. The van der Waals surface area contributed by atoms with E-state index in [1.807, 2.05) is 0 Å². The van der Waals surface area contributed by atoms with Crippen molar-refractivity contribution >= 4 is 37.4 Å².